The molecular weight excluding hydrogens is 386 g/mol. The Balaban J connectivity index is 1.36. The van der Waals surface area contributed by atoms with Gasteiger partial charge in [0.15, 0.2) is 6.10 Å². The molecule has 0 aromatic heterocycles. The van der Waals surface area contributed by atoms with Gasteiger partial charge in [-0.15, -0.1) is 0 Å². The summed E-state index contributed by atoms with van der Waals surface area (Å²) in [6.07, 6.45) is 4.63. The molecule has 0 aliphatic carbocycles. The third kappa shape index (κ3) is 3.00. The molecule has 166 valence electrons. The predicted molar refractivity (Wildman–Crippen MR) is 107 cm³/mol. The van der Waals surface area contributed by atoms with Gasteiger partial charge in [-0.2, -0.15) is 0 Å². The first-order valence-corrected chi connectivity index (χ1v) is 11.5. The van der Waals surface area contributed by atoms with E-state index in [4.69, 9.17) is 18.9 Å². The first-order valence-electron chi connectivity index (χ1n) is 11.5. The lowest BCUT2D eigenvalue weighted by molar-refractivity contribution is -0.148. The Morgan fingerprint density at radius 1 is 1.03 bits per heavy atom. The molecule has 0 radical (unpaired) electrons. The number of methoxy groups -OCH3 is 1. The number of cyclic esters (lactones) is 2. The SMILES string of the molecule is COC1=C(C)C(=O)OC1C1OC2CCCN3C(C4C[C@H](C)C(=O)O4)CC[C@H]3[C@H]2[C@@H]1C. The van der Waals surface area contributed by atoms with Crippen molar-refractivity contribution >= 4 is 11.9 Å². The minimum atomic E-state index is -0.452. The van der Waals surface area contributed by atoms with Gasteiger partial charge in [-0.3, -0.25) is 9.69 Å². The van der Waals surface area contributed by atoms with Gasteiger partial charge in [0.25, 0.3) is 0 Å². The van der Waals surface area contributed by atoms with Crippen LogP contribution in [0.1, 0.15) is 52.9 Å². The van der Waals surface area contributed by atoms with Gasteiger partial charge in [0.1, 0.15) is 18.0 Å². The molecule has 0 saturated carbocycles. The van der Waals surface area contributed by atoms with Crippen LogP contribution in [0.15, 0.2) is 11.3 Å². The Morgan fingerprint density at radius 3 is 2.50 bits per heavy atom. The maximum Gasteiger partial charge on any atom is 0.338 e. The van der Waals surface area contributed by atoms with Gasteiger partial charge >= 0.3 is 11.9 Å². The van der Waals surface area contributed by atoms with Crippen LogP contribution in [-0.4, -0.2) is 67.0 Å². The second kappa shape index (κ2) is 7.52. The molecule has 0 bridgehead atoms. The maximum absolute atomic E-state index is 12.1. The smallest absolute Gasteiger partial charge is 0.338 e. The highest BCUT2D eigenvalue weighted by molar-refractivity contribution is 5.91. The molecule has 0 N–H and O–H groups in total. The molecule has 5 aliphatic rings. The van der Waals surface area contributed by atoms with E-state index < -0.39 is 6.10 Å². The third-order valence-corrected chi connectivity index (χ3v) is 8.22. The summed E-state index contributed by atoms with van der Waals surface area (Å²) < 4.78 is 23.5. The van der Waals surface area contributed by atoms with Crippen molar-refractivity contribution in [2.45, 2.75) is 89.4 Å². The van der Waals surface area contributed by atoms with Crippen LogP contribution >= 0.6 is 0 Å². The summed E-state index contributed by atoms with van der Waals surface area (Å²) in [4.78, 5) is 26.7. The zero-order valence-electron chi connectivity index (χ0n) is 18.3. The van der Waals surface area contributed by atoms with Gasteiger partial charge in [0, 0.05) is 18.0 Å². The van der Waals surface area contributed by atoms with E-state index in [1.165, 1.54) is 0 Å². The molecule has 7 heteroatoms. The highest BCUT2D eigenvalue weighted by Gasteiger charge is 2.57. The number of hydrogen-bond acceptors (Lipinski definition) is 7. The van der Waals surface area contributed by atoms with Crippen molar-refractivity contribution < 1.29 is 28.5 Å². The lowest BCUT2D eigenvalue weighted by Gasteiger charge is -2.36. The fraction of sp³-hybridized carbons (Fsp3) is 0.826. The lowest BCUT2D eigenvalue weighted by atomic mass is 9.80. The van der Waals surface area contributed by atoms with Crippen molar-refractivity contribution in [2.75, 3.05) is 13.7 Å². The van der Waals surface area contributed by atoms with Crippen LogP contribution in [0.3, 0.4) is 0 Å². The van der Waals surface area contributed by atoms with Crippen molar-refractivity contribution in [3.05, 3.63) is 11.3 Å². The molecule has 5 aliphatic heterocycles. The van der Waals surface area contributed by atoms with Gasteiger partial charge in [0.05, 0.1) is 24.7 Å². The molecule has 0 aromatic rings. The number of carbonyl (C=O) groups is 2. The molecule has 4 saturated heterocycles. The Kier molecular flexibility index (Phi) is 5.09. The minimum Gasteiger partial charge on any atom is -0.496 e. The molecule has 9 atom stereocenters. The number of hydrogen-bond donors (Lipinski definition) is 0. The van der Waals surface area contributed by atoms with E-state index in [0.29, 0.717) is 29.3 Å². The van der Waals surface area contributed by atoms with Crippen LogP contribution in [0.2, 0.25) is 0 Å². The summed E-state index contributed by atoms with van der Waals surface area (Å²) >= 11 is 0. The number of esters is 2. The van der Waals surface area contributed by atoms with Crippen molar-refractivity contribution in [3.63, 3.8) is 0 Å². The number of nitrogens with zero attached hydrogens (tertiary/aromatic N) is 1. The van der Waals surface area contributed by atoms with Gasteiger partial charge in [-0.25, -0.2) is 4.79 Å². The second-order valence-electron chi connectivity index (χ2n) is 9.80. The first kappa shape index (κ1) is 20.3. The molecule has 4 fully saturated rings. The van der Waals surface area contributed by atoms with Crippen LogP contribution < -0.4 is 0 Å². The maximum atomic E-state index is 12.1. The van der Waals surface area contributed by atoms with Crippen LogP contribution in [-0.2, 0) is 28.5 Å². The largest absolute Gasteiger partial charge is 0.496 e. The summed E-state index contributed by atoms with van der Waals surface area (Å²) in [5.41, 5.74) is 0.546. The summed E-state index contributed by atoms with van der Waals surface area (Å²) in [6.45, 7) is 6.99. The van der Waals surface area contributed by atoms with Crippen LogP contribution in [0.4, 0.5) is 0 Å². The molecule has 7 nitrogen and oxygen atoms in total. The fourth-order valence-corrected chi connectivity index (χ4v) is 6.77. The predicted octanol–water partition coefficient (Wildman–Crippen LogP) is 2.43. The monoisotopic (exact) mass is 419 g/mol. The Morgan fingerprint density at radius 2 is 1.80 bits per heavy atom. The topological polar surface area (TPSA) is 74.3 Å². The normalized spacial score (nSPS) is 46.5. The van der Waals surface area contributed by atoms with E-state index in [2.05, 4.69) is 11.8 Å². The summed E-state index contributed by atoms with van der Waals surface area (Å²) in [7, 11) is 1.60. The van der Waals surface area contributed by atoms with Crippen LogP contribution in [0, 0.1) is 17.8 Å². The van der Waals surface area contributed by atoms with Crippen molar-refractivity contribution in [1.29, 1.82) is 0 Å². The van der Waals surface area contributed by atoms with Gasteiger partial charge < -0.3 is 18.9 Å². The standard InChI is InChI=1S/C23H33NO6/c1-11-10-17(29-22(11)25)14-7-8-15-18-12(2)20(28-16(18)6-5-9-24(14)15)21-19(27-4)13(3)23(26)30-21/h11-12,14-18,20-21H,5-10H2,1-4H3/t11-,12-,14?,15-,16?,17?,18+,20?,21?/m0/s1. The van der Waals surface area contributed by atoms with Gasteiger partial charge in [-0.1, -0.05) is 13.8 Å². The van der Waals surface area contributed by atoms with E-state index in [9.17, 15) is 9.59 Å². The molecule has 30 heavy (non-hydrogen) atoms. The van der Waals surface area contributed by atoms with E-state index >= 15 is 0 Å². The summed E-state index contributed by atoms with van der Waals surface area (Å²) in [5.74, 6) is 0.895. The van der Waals surface area contributed by atoms with Gasteiger partial charge in [0.2, 0.25) is 0 Å². The molecule has 5 heterocycles. The van der Waals surface area contributed by atoms with E-state index in [0.717, 1.165) is 38.6 Å². The average Bonchev–Trinajstić information content (AvgIpc) is 3.40. The molecular formula is C23H33NO6. The lowest BCUT2D eigenvalue weighted by Crippen LogP contribution is -2.47. The molecule has 0 spiro atoms. The van der Waals surface area contributed by atoms with Crippen LogP contribution in [0.25, 0.3) is 0 Å². The Hall–Kier alpha value is -1.60. The minimum absolute atomic E-state index is 0.00596. The Labute approximate surface area is 178 Å². The first-order chi connectivity index (χ1) is 14.4. The van der Waals surface area contributed by atoms with Crippen molar-refractivity contribution in [2.24, 2.45) is 17.8 Å². The van der Waals surface area contributed by atoms with Crippen molar-refractivity contribution in [1.82, 2.24) is 4.90 Å². The van der Waals surface area contributed by atoms with Crippen LogP contribution in [0.5, 0.6) is 0 Å². The summed E-state index contributed by atoms with van der Waals surface area (Å²) in [5, 5.41) is 0. The van der Waals surface area contributed by atoms with E-state index in [1.54, 1.807) is 14.0 Å². The molecule has 5 unspecified atom stereocenters. The Bertz CT molecular complexity index is 765. The van der Waals surface area contributed by atoms with Crippen molar-refractivity contribution in [3.8, 4) is 0 Å². The zero-order valence-corrected chi connectivity index (χ0v) is 18.3. The van der Waals surface area contributed by atoms with E-state index in [1.807, 2.05) is 6.92 Å². The number of rotatable bonds is 3. The quantitative estimate of drug-likeness (QED) is 0.651. The molecule has 0 aromatic carbocycles. The number of fused-ring (bicyclic) bond motifs is 3. The summed E-state index contributed by atoms with van der Waals surface area (Å²) in [6, 6.07) is 0.736. The average molecular weight is 420 g/mol. The van der Waals surface area contributed by atoms with Gasteiger partial charge in [-0.05, 0) is 51.5 Å². The third-order valence-electron chi connectivity index (χ3n) is 8.22. The van der Waals surface area contributed by atoms with E-state index in [-0.39, 0.29) is 42.1 Å². The number of ether oxygens (including phenoxy) is 4. The molecule has 5 rings (SSSR count). The molecule has 0 amide bonds. The highest BCUT2D eigenvalue weighted by atomic mass is 16.6. The second-order valence-corrected chi connectivity index (χ2v) is 9.80. The zero-order chi connectivity index (χ0) is 21.2. The number of carbonyl (C=O) groups excluding carboxylic acids is 2. The highest BCUT2D eigenvalue weighted by Crippen LogP contribution is 2.49. The fourth-order valence-electron chi connectivity index (χ4n) is 6.77.